The van der Waals surface area contributed by atoms with Crippen molar-refractivity contribution in [1.29, 1.82) is 0 Å². The number of carbonyl (C=O) groups is 2. The van der Waals surface area contributed by atoms with E-state index in [0.717, 1.165) is 5.56 Å². The number of phenols is 1. The molecule has 1 aliphatic heterocycles. The van der Waals surface area contributed by atoms with Crippen molar-refractivity contribution < 1.29 is 19.4 Å². The predicted octanol–water partition coefficient (Wildman–Crippen LogP) is 4.44. The minimum absolute atomic E-state index is 0.0155. The Balaban J connectivity index is 1.91. The molecule has 0 bridgehead atoms. The van der Waals surface area contributed by atoms with Crippen molar-refractivity contribution in [1.82, 2.24) is 0 Å². The van der Waals surface area contributed by atoms with Gasteiger partial charge in [-0.1, -0.05) is 42.5 Å². The van der Waals surface area contributed by atoms with E-state index in [9.17, 15) is 14.7 Å². The van der Waals surface area contributed by atoms with Crippen LogP contribution in [0.3, 0.4) is 0 Å². The van der Waals surface area contributed by atoms with Gasteiger partial charge in [0, 0.05) is 11.1 Å². The summed E-state index contributed by atoms with van der Waals surface area (Å²) >= 11 is 0. The second kappa shape index (κ2) is 7.28. The maximum absolute atomic E-state index is 13.4. The van der Waals surface area contributed by atoms with Gasteiger partial charge in [0.2, 0.25) is 0 Å². The first kappa shape index (κ1) is 18.5. The van der Waals surface area contributed by atoms with Crippen molar-refractivity contribution in [3.63, 3.8) is 0 Å². The summed E-state index contributed by atoms with van der Waals surface area (Å²) in [7, 11) is 1.46. The molecule has 0 atom stereocenters. The van der Waals surface area contributed by atoms with Crippen LogP contribution in [-0.4, -0.2) is 24.0 Å². The maximum Gasteiger partial charge on any atom is 0.265 e. The Bertz CT molecular complexity index is 1160. The van der Waals surface area contributed by atoms with Gasteiger partial charge < -0.3 is 9.84 Å². The normalized spacial score (nSPS) is 14.8. The van der Waals surface area contributed by atoms with Crippen LogP contribution in [0.2, 0.25) is 0 Å². The van der Waals surface area contributed by atoms with Crippen LogP contribution in [0.15, 0.2) is 66.7 Å². The number of anilines is 1. The number of ether oxygens (including phenoxy) is 1. The molecule has 0 fully saturated rings. The second-order valence-corrected chi connectivity index (χ2v) is 6.77. The minimum Gasteiger partial charge on any atom is -0.504 e. The molecule has 0 aromatic heterocycles. The Labute approximate surface area is 168 Å². The van der Waals surface area contributed by atoms with Gasteiger partial charge in [0.15, 0.2) is 11.5 Å². The zero-order valence-corrected chi connectivity index (χ0v) is 16.0. The third kappa shape index (κ3) is 3.17. The highest BCUT2D eigenvalue weighted by molar-refractivity contribution is 6.43. The molecule has 1 aliphatic rings. The highest BCUT2D eigenvalue weighted by Crippen LogP contribution is 2.35. The average Bonchev–Trinajstić information content (AvgIpc) is 2.73. The number of para-hydroxylation sites is 1. The molecule has 3 aromatic carbocycles. The van der Waals surface area contributed by atoms with Gasteiger partial charge in [-0.05, 0) is 54.0 Å². The summed E-state index contributed by atoms with van der Waals surface area (Å²) in [6.45, 7) is 1.87. The molecule has 1 N–H and O–H groups in total. The van der Waals surface area contributed by atoms with Gasteiger partial charge in [-0.3, -0.25) is 9.59 Å². The van der Waals surface area contributed by atoms with Crippen LogP contribution in [0.1, 0.15) is 27.0 Å². The summed E-state index contributed by atoms with van der Waals surface area (Å²) in [5, 5.41) is 9.84. The molecule has 29 heavy (non-hydrogen) atoms. The van der Waals surface area contributed by atoms with Crippen LogP contribution in [0, 0.1) is 6.92 Å². The number of methoxy groups -OCH3 is 1. The molecule has 144 valence electrons. The number of aryl methyl sites for hydroxylation is 1. The Morgan fingerprint density at radius 1 is 0.897 bits per heavy atom. The zero-order valence-electron chi connectivity index (χ0n) is 16.0. The quantitative estimate of drug-likeness (QED) is 0.535. The molecule has 4 rings (SSSR count). The van der Waals surface area contributed by atoms with E-state index < -0.39 is 5.91 Å². The largest absolute Gasteiger partial charge is 0.504 e. The van der Waals surface area contributed by atoms with Gasteiger partial charge in [-0.15, -0.1) is 0 Å². The van der Waals surface area contributed by atoms with Crippen LogP contribution < -0.4 is 9.64 Å². The zero-order chi connectivity index (χ0) is 20.5. The van der Waals surface area contributed by atoms with Crippen molar-refractivity contribution in [3.8, 4) is 11.5 Å². The fourth-order valence-electron chi connectivity index (χ4n) is 3.48. The lowest BCUT2D eigenvalue weighted by molar-refractivity contribution is -0.112. The number of nitrogens with zero attached hydrogens (tertiary/aromatic N) is 1. The second-order valence-electron chi connectivity index (χ2n) is 6.77. The molecule has 0 saturated heterocycles. The van der Waals surface area contributed by atoms with Gasteiger partial charge in [0.05, 0.1) is 12.8 Å². The van der Waals surface area contributed by atoms with Crippen LogP contribution in [0.25, 0.3) is 11.6 Å². The number of phenolic OH excluding ortho intramolecular Hbond substituents is 1. The molecule has 0 unspecified atom stereocenters. The van der Waals surface area contributed by atoms with Crippen molar-refractivity contribution in [2.24, 2.45) is 0 Å². The molecule has 0 spiro atoms. The van der Waals surface area contributed by atoms with E-state index in [-0.39, 0.29) is 11.7 Å². The molecule has 0 aliphatic carbocycles. The smallest absolute Gasteiger partial charge is 0.265 e. The first-order valence-corrected chi connectivity index (χ1v) is 9.14. The summed E-state index contributed by atoms with van der Waals surface area (Å²) < 4.78 is 5.17. The van der Waals surface area contributed by atoms with E-state index in [4.69, 9.17) is 4.74 Å². The van der Waals surface area contributed by atoms with E-state index in [0.29, 0.717) is 33.7 Å². The first-order chi connectivity index (χ1) is 14.0. The number of amides is 2. The molecule has 5 heteroatoms. The molecule has 5 nitrogen and oxygen atoms in total. The van der Waals surface area contributed by atoms with Gasteiger partial charge in [0.25, 0.3) is 11.8 Å². The van der Waals surface area contributed by atoms with Crippen molar-refractivity contribution >= 4 is 29.2 Å². The molecule has 3 aromatic rings. The monoisotopic (exact) mass is 385 g/mol. The average molecular weight is 385 g/mol. The number of fused-ring (bicyclic) bond motifs is 1. The highest BCUT2D eigenvalue weighted by atomic mass is 16.5. The van der Waals surface area contributed by atoms with Crippen LogP contribution >= 0.6 is 0 Å². The van der Waals surface area contributed by atoms with E-state index in [1.54, 1.807) is 54.6 Å². The predicted molar refractivity (Wildman–Crippen MR) is 112 cm³/mol. The van der Waals surface area contributed by atoms with E-state index in [2.05, 4.69) is 0 Å². The number of aromatic hydroxyl groups is 1. The van der Waals surface area contributed by atoms with Gasteiger partial charge in [-0.2, -0.15) is 0 Å². The van der Waals surface area contributed by atoms with Crippen LogP contribution in [0.4, 0.5) is 5.69 Å². The highest BCUT2D eigenvalue weighted by Gasteiger charge is 2.36. The molecule has 2 amide bonds. The Hall–Kier alpha value is -3.86. The SMILES string of the molecule is COc1cc(/C=C2/C(=O)N(c3ccccc3C)C(=O)c3ccccc32)ccc1O. The van der Waals surface area contributed by atoms with E-state index in [1.807, 2.05) is 19.1 Å². The molecule has 0 saturated carbocycles. The van der Waals surface area contributed by atoms with Crippen molar-refractivity contribution in [2.45, 2.75) is 6.92 Å². The lowest BCUT2D eigenvalue weighted by atomic mass is 9.91. The van der Waals surface area contributed by atoms with Gasteiger partial charge >= 0.3 is 0 Å². The maximum atomic E-state index is 13.4. The molecule has 1 heterocycles. The number of benzene rings is 3. The van der Waals surface area contributed by atoms with Crippen LogP contribution in [-0.2, 0) is 4.79 Å². The van der Waals surface area contributed by atoms with Crippen LogP contribution in [0.5, 0.6) is 11.5 Å². The number of carbonyl (C=O) groups excluding carboxylic acids is 2. The lowest BCUT2D eigenvalue weighted by Crippen LogP contribution is -2.42. The first-order valence-electron chi connectivity index (χ1n) is 9.14. The molecular weight excluding hydrogens is 366 g/mol. The van der Waals surface area contributed by atoms with E-state index >= 15 is 0 Å². The molecule has 0 radical (unpaired) electrons. The Kier molecular flexibility index (Phi) is 4.64. The third-order valence-electron chi connectivity index (χ3n) is 4.96. The van der Waals surface area contributed by atoms with Crippen molar-refractivity contribution in [3.05, 3.63) is 89.0 Å². The summed E-state index contributed by atoms with van der Waals surface area (Å²) in [4.78, 5) is 27.8. The summed E-state index contributed by atoms with van der Waals surface area (Å²) in [6.07, 6.45) is 1.71. The van der Waals surface area contributed by atoms with Gasteiger partial charge in [-0.25, -0.2) is 4.90 Å². The lowest BCUT2D eigenvalue weighted by Gasteiger charge is -2.29. The fraction of sp³-hybridized carbons (Fsp3) is 0.0833. The molecular formula is C24H19NO4. The standard InChI is InChI=1S/C24H19NO4/c1-15-7-3-6-10-20(15)25-23(27)18-9-5-4-8-17(18)19(24(25)28)13-16-11-12-21(26)22(14-16)29-2/h3-14,26H,1-2H3/b19-13+. The third-order valence-corrected chi connectivity index (χ3v) is 4.96. The fourth-order valence-corrected chi connectivity index (χ4v) is 3.48. The number of imide groups is 1. The topological polar surface area (TPSA) is 66.8 Å². The van der Waals surface area contributed by atoms with E-state index in [1.165, 1.54) is 18.1 Å². The minimum atomic E-state index is -0.393. The number of hydrogen-bond acceptors (Lipinski definition) is 4. The number of rotatable bonds is 3. The van der Waals surface area contributed by atoms with Crippen molar-refractivity contribution in [2.75, 3.05) is 12.0 Å². The Morgan fingerprint density at radius 2 is 1.59 bits per heavy atom. The summed E-state index contributed by atoms with van der Waals surface area (Å²) in [6, 6.07) is 19.2. The number of hydrogen-bond donors (Lipinski definition) is 1. The summed E-state index contributed by atoms with van der Waals surface area (Å²) in [5.74, 6) is -0.417. The summed E-state index contributed by atoms with van der Waals surface area (Å²) in [5.41, 5.74) is 3.52. The Morgan fingerprint density at radius 3 is 2.31 bits per heavy atom. The van der Waals surface area contributed by atoms with Gasteiger partial charge in [0.1, 0.15) is 0 Å².